The van der Waals surface area contributed by atoms with E-state index in [1.165, 1.54) is 28.3 Å². The van der Waals surface area contributed by atoms with Gasteiger partial charge in [-0.3, -0.25) is 19.8 Å². The van der Waals surface area contributed by atoms with Crippen molar-refractivity contribution in [1.29, 1.82) is 0 Å². The van der Waals surface area contributed by atoms with E-state index < -0.39 is 16.8 Å². The first-order valence-electron chi connectivity index (χ1n) is 7.51. The number of nitro groups is 1. The molecule has 0 N–H and O–H groups in total. The summed E-state index contributed by atoms with van der Waals surface area (Å²) in [6.07, 6.45) is 2.88. The lowest BCUT2D eigenvalue weighted by molar-refractivity contribution is -0.402. The van der Waals surface area contributed by atoms with Crippen molar-refractivity contribution in [2.24, 2.45) is 5.10 Å². The largest absolute Gasteiger partial charge is 0.444 e. The van der Waals surface area contributed by atoms with Gasteiger partial charge in [0.05, 0.1) is 12.3 Å². The molecule has 2 heterocycles. The number of carbonyl (C=O) groups is 2. The van der Waals surface area contributed by atoms with E-state index in [0.29, 0.717) is 32.4 Å². The van der Waals surface area contributed by atoms with Crippen molar-refractivity contribution in [3.8, 4) is 0 Å². The maximum Gasteiger partial charge on any atom is 0.433 e. The highest BCUT2D eigenvalue weighted by Crippen LogP contribution is 2.15. The molecule has 1 fully saturated rings. The minimum atomic E-state index is -0.657. The number of urea groups is 1. The Bertz CT molecular complexity index is 641. The van der Waals surface area contributed by atoms with Gasteiger partial charge in [-0.15, -0.1) is 0 Å². The Morgan fingerprint density at radius 3 is 2.96 bits per heavy atom. The number of hydrazone groups is 1. The summed E-state index contributed by atoms with van der Waals surface area (Å²) in [6, 6.07) is 2.20. The number of carbonyl (C=O) groups excluding carboxylic acids is 2. The molecule has 0 bridgehead atoms. The molecule has 2 rings (SSSR count). The van der Waals surface area contributed by atoms with Crippen LogP contribution in [0.4, 0.5) is 10.7 Å². The van der Waals surface area contributed by atoms with E-state index >= 15 is 0 Å². The predicted molar refractivity (Wildman–Crippen MR) is 82.2 cm³/mol. The number of nitrogens with zero attached hydrogens (tertiary/aromatic N) is 4. The summed E-state index contributed by atoms with van der Waals surface area (Å²) < 4.78 is 9.96. The van der Waals surface area contributed by atoms with Crippen molar-refractivity contribution in [3.63, 3.8) is 0 Å². The molecular weight excluding hydrogens is 320 g/mol. The van der Waals surface area contributed by atoms with Gasteiger partial charge in [0.2, 0.25) is 0 Å². The van der Waals surface area contributed by atoms with Gasteiger partial charge < -0.3 is 9.15 Å². The van der Waals surface area contributed by atoms with E-state index in [9.17, 15) is 19.7 Å². The molecule has 0 aliphatic carbocycles. The first-order chi connectivity index (χ1) is 11.5. The van der Waals surface area contributed by atoms with Crippen LogP contribution in [0.2, 0.25) is 0 Å². The molecule has 0 radical (unpaired) electrons. The van der Waals surface area contributed by atoms with Crippen molar-refractivity contribution >= 4 is 24.1 Å². The topological polar surface area (TPSA) is 118 Å². The molecule has 1 aromatic rings. The van der Waals surface area contributed by atoms with Crippen molar-refractivity contribution in [2.45, 2.75) is 26.2 Å². The number of furan rings is 1. The number of amides is 2. The molecule has 10 nitrogen and oxygen atoms in total. The zero-order valence-electron chi connectivity index (χ0n) is 13.2. The van der Waals surface area contributed by atoms with Gasteiger partial charge in [0.15, 0.2) is 12.5 Å². The number of ether oxygens (including phenoxy) is 1. The molecule has 2 amide bonds. The predicted octanol–water partition coefficient (Wildman–Crippen LogP) is 1.95. The Morgan fingerprint density at radius 2 is 2.29 bits per heavy atom. The molecule has 24 heavy (non-hydrogen) atoms. The summed E-state index contributed by atoms with van der Waals surface area (Å²) in [6.45, 7) is 2.62. The summed E-state index contributed by atoms with van der Waals surface area (Å²) in [7, 11) is 0. The fourth-order valence-electron chi connectivity index (χ4n) is 2.06. The molecule has 0 atom stereocenters. The van der Waals surface area contributed by atoms with E-state index in [1.807, 2.05) is 6.92 Å². The first-order valence-corrected chi connectivity index (χ1v) is 7.51. The second kappa shape index (κ2) is 8.09. The highest BCUT2D eigenvalue weighted by atomic mass is 16.6. The van der Waals surface area contributed by atoms with Gasteiger partial charge in [0.1, 0.15) is 4.92 Å². The maximum atomic E-state index is 12.2. The fourth-order valence-corrected chi connectivity index (χ4v) is 2.06. The second-order valence-electron chi connectivity index (χ2n) is 5.10. The van der Waals surface area contributed by atoms with Crippen molar-refractivity contribution in [3.05, 3.63) is 28.0 Å². The molecule has 1 saturated heterocycles. The molecule has 1 aliphatic heterocycles. The van der Waals surface area contributed by atoms with Gasteiger partial charge in [0.25, 0.3) is 0 Å². The van der Waals surface area contributed by atoms with Crippen LogP contribution >= 0.6 is 0 Å². The standard InChI is InChI=1S/C14H18N4O6/c1-2-4-13(19)23-10-16-7-3-8-17(14(16)20)15-9-11-5-6-12(24-11)18(21)22/h5-6,9H,2-4,7-8,10H2,1H3/b15-9+. The van der Waals surface area contributed by atoms with E-state index in [0.717, 1.165) is 0 Å². The molecule has 130 valence electrons. The summed E-state index contributed by atoms with van der Waals surface area (Å²) in [5.74, 6) is -0.583. The highest BCUT2D eigenvalue weighted by Gasteiger charge is 2.26. The first kappa shape index (κ1) is 17.4. The van der Waals surface area contributed by atoms with E-state index in [2.05, 4.69) is 5.10 Å². The quantitative estimate of drug-likeness (QED) is 0.324. The molecule has 1 aromatic heterocycles. The normalized spacial score (nSPS) is 15.1. The lowest BCUT2D eigenvalue weighted by atomic mass is 10.3. The van der Waals surface area contributed by atoms with Crippen molar-refractivity contribution < 1.29 is 23.7 Å². The van der Waals surface area contributed by atoms with Crippen LogP contribution < -0.4 is 0 Å². The van der Waals surface area contributed by atoms with Gasteiger partial charge in [-0.1, -0.05) is 6.92 Å². The van der Waals surface area contributed by atoms with E-state index in [-0.39, 0.29) is 18.5 Å². The highest BCUT2D eigenvalue weighted by molar-refractivity contribution is 5.80. The van der Waals surface area contributed by atoms with Crippen LogP contribution in [0, 0.1) is 10.1 Å². The van der Waals surface area contributed by atoms with Crippen LogP contribution in [0.25, 0.3) is 0 Å². The summed E-state index contributed by atoms with van der Waals surface area (Å²) in [5.41, 5.74) is 0. The average molecular weight is 338 g/mol. The Hall–Kier alpha value is -2.91. The smallest absolute Gasteiger partial charge is 0.433 e. The van der Waals surface area contributed by atoms with Crippen LogP contribution in [0.5, 0.6) is 0 Å². The Morgan fingerprint density at radius 1 is 1.50 bits per heavy atom. The molecule has 0 aromatic carbocycles. The van der Waals surface area contributed by atoms with Gasteiger partial charge in [-0.05, 0) is 18.9 Å². The molecule has 0 saturated carbocycles. The van der Waals surface area contributed by atoms with E-state index in [1.54, 1.807) is 0 Å². The van der Waals surface area contributed by atoms with Gasteiger partial charge in [0, 0.05) is 19.5 Å². The van der Waals surface area contributed by atoms with Crippen LogP contribution in [0.1, 0.15) is 31.9 Å². The van der Waals surface area contributed by atoms with Crippen molar-refractivity contribution in [2.75, 3.05) is 19.8 Å². The minimum Gasteiger partial charge on any atom is -0.444 e. The molecule has 0 spiro atoms. The van der Waals surface area contributed by atoms with Gasteiger partial charge >= 0.3 is 17.9 Å². The third-order valence-corrected chi connectivity index (χ3v) is 3.24. The van der Waals surface area contributed by atoms with Crippen LogP contribution in [-0.4, -0.2) is 52.9 Å². The molecule has 1 aliphatic rings. The average Bonchev–Trinajstić information content (AvgIpc) is 3.02. The lowest BCUT2D eigenvalue weighted by Gasteiger charge is -2.31. The minimum absolute atomic E-state index is 0.115. The van der Waals surface area contributed by atoms with Gasteiger partial charge in [-0.2, -0.15) is 5.10 Å². The zero-order chi connectivity index (χ0) is 17.5. The summed E-state index contributed by atoms with van der Waals surface area (Å²) in [4.78, 5) is 34.9. The molecule has 0 unspecified atom stereocenters. The monoisotopic (exact) mass is 338 g/mol. The van der Waals surface area contributed by atoms with Crippen LogP contribution in [-0.2, 0) is 9.53 Å². The number of hydrogen-bond donors (Lipinski definition) is 0. The Balaban J connectivity index is 1.92. The van der Waals surface area contributed by atoms with E-state index in [4.69, 9.17) is 9.15 Å². The van der Waals surface area contributed by atoms with Gasteiger partial charge in [-0.25, -0.2) is 9.80 Å². The lowest BCUT2D eigenvalue weighted by Crippen LogP contribution is -2.48. The Kier molecular flexibility index (Phi) is 5.88. The molecule has 10 heteroatoms. The summed E-state index contributed by atoms with van der Waals surface area (Å²) >= 11 is 0. The molecular formula is C14H18N4O6. The fraction of sp³-hybridized carbons (Fsp3) is 0.500. The number of hydrogen-bond acceptors (Lipinski definition) is 7. The second-order valence-corrected chi connectivity index (χ2v) is 5.10. The Labute approximate surface area is 137 Å². The maximum absolute atomic E-state index is 12.2. The number of rotatable bonds is 7. The third kappa shape index (κ3) is 4.54. The van der Waals surface area contributed by atoms with Crippen LogP contribution in [0.3, 0.4) is 0 Å². The number of esters is 1. The van der Waals surface area contributed by atoms with Crippen LogP contribution in [0.15, 0.2) is 21.7 Å². The SMILES string of the molecule is CCCC(=O)OCN1CCCN(/N=C/c2ccc([N+](=O)[O-])o2)C1=O. The summed E-state index contributed by atoms with van der Waals surface area (Å²) in [5, 5.41) is 15.7. The third-order valence-electron chi connectivity index (χ3n) is 3.24. The van der Waals surface area contributed by atoms with Crippen molar-refractivity contribution in [1.82, 2.24) is 9.91 Å². The zero-order valence-corrected chi connectivity index (χ0v) is 13.2.